The number of halogens is 1. The molecule has 0 aliphatic rings. The number of amides is 2. The number of hydrogen-bond donors (Lipinski definition) is 3. The van der Waals surface area contributed by atoms with Crippen molar-refractivity contribution < 1.29 is 14.0 Å². The first-order valence-electron chi connectivity index (χ1n) is 9.53. The second kappa shape index (κ2) is 10.6. The Balaban J connectivity index is 1.80. The zero-order valence-corrected chi connectivity index (χ0v) is 16.6. The largest absolute Gasteiger partial charge is 0.346 e. The third kappa shape index (κ3) is 6.78. The Morgan fingerprint density at radius 2 is 1.57 bits per heavy atom. The van der Waals surface area contributed by atoms with Gasteiger partial charge >= 0.3 is 0 Å². The lowest BCUT2D eigenvalue weighted by Gasteiger charge is -2.23. The molecule has 5 nitrogen and oxygen atoms in total. The standard InChI is InChI=1S/C22H28FN3O2/c1-4-16-5-7-17(8-6-16)22(15(2)3)25-13-20(27)24-14-21(28)26-19-11-9-18(23)10-12-19/h5-12,15,22,25H,4,13-14H2,1-3H3,(H,24,27)(H,26,28)/t22-/m0/s1. The van der Waals surface area contributed by atoms with Crippen LogP contribution in [0.4, 0.5) is 10.1 Å². The molecule has 0 saturated heterocycles. The van der Waals surface area contributed by atoms with Crippen molar-refractivity contribution in [3.05, 3.63) is 65.5 Å². The lowest BCUT2D eigenvalue weighted by molar-refractivity contribution is -0.123. The summed E-state index contributed by atoms with van der Waals surface area (Å²) in [5, 5.41) is 8.46. The maximum Gasteiger partial charge on any atom is 0.243 e. The summed E-state index contributed by atoms with van der Waals surface area (Å²) in [6.45, 7) is 6.28. The van der Waals surface area contributed by atoms with E-state index in [0.29, 0.717) is 11.6 Å². The van der Waals surface area contributed by atoms with Gasteiger partial charge in [0, 0.05) is 11.7 Å². The highest BCUT2D eigenvalue weighted by molar-refractivity contribution is 5.94. The number of hydrogen-bond acceptors (Lipinski definition) is 3. The van der Waals surface area contributed by atoms with Crippen LogP contribution in [0.1, 0.15) is 37.9 Å². The minimum absolute atomic E-state index is 0.0460. The third-order valence-corrected chi connectivity index (χ3v) is 4.47. The van der Waals surface area contributed by atoms with E-state index in [1.54, 1.807) is 0 Å². The van der Waals surface area contributed by atoms with Crippen molar-refractivity contribution in [2.45, 2.75) is 33.2 Å². The molecule has 0 spiro atoms. The molecule has 2 rings (SSSR count). The lowest BCUT2D eigenvalue weighted by atomic mass is 9.95. The van der Waals surface area contributed by atoms with E-state index in [4.69, 9.17) is 0 Å². The molecule has 150 valence electrons. The van der Waals surface area contributed by atoms with Crippen LogP contribution in [0.15, 0.2) is 48.5 Å². The number of carbonyl (C=O) groups is 2. The summed E-state index contributed by atoms with van der Waals surface area (Å²) in [7, 11) is 0. The molecule has 6 heteroatoms. The molecule has 3 N–H and O–H groups in total. The van der Waals surface area contributed by atoms with E-state index in [0.717, 1.165) is 12.0 Å². The van der Waals surface area contributed by atoms with E-state index in [-0.39, 0.29) is 36.8 Å². The number of rotatable bonds is 9. The molecule has 0 heterocycles. The predicted molar refractivity (Wildman–Crippen MR) is 109 cm³/mol. The summed E-state index contributed by atoms with van der Waals surface area (Å²) in [6, 6.07) is 13.9. The Bertz CT molecular complexity index is 773. The number of benzene rings is 2. The first-order chi connectivity index (χ1) is 13.4. The highest BCUT2D eigenvalue weighted by atomic mass is 19.1. The van der Waals surface area contributed by atoms with Gasteiger partial charge in [-0.2, -0.15) is 0 Å². The van der Waals surface area contributed by atoms with Gasteiger partial charge in [0.05, 0.1) is 13.1 Å². The maximum atomic E-state index is 12.9. The average molecular weight is 385 g/mol. The van der Waals surface area contributed by atoms with Crippen molar-refractivity contribution in [3.8, 4) is 0 Å². The molecule has 0 aliphatic heterocycles. The van der Waals surface area contributed by atoms with E-state index in [1.807, 2.05) is 0 Å². The molecule has 0 saturated carbocycles. The number of carbonyl (C=O) groups excluding carboxylic acids is 2. The SMILES string of the molecule is CCc1ccc([C@@H](NCC(=O)NCC(=O)Nc2ccc(F)cc2)C(C)C)cc1. The monoisotopic (exact) mass is 385 g/mol. The van der Waals surface area contributed by atoms with Crippen molar-refractivity contribution in [2.75, 3.05) is 18.4 Å². The maximum absolute atomic E-state index is 12.9. The van der Waals surface area contributed by atoms with Crippen LogP contribution in [0.3, 0.4) is 0 Å². The van der Waals surface area contributed by atoms with Crippen LogP contribution < -0.4 is 16.0 Å². The van der Waals surface area contributed by atoms with Gasteiger partial charge in [0.1, 0.15) is 5.82 Å². The number of aryl methyl sites for hydroxylation is 1. The molecule has 0 fully saturated rings. The number of anilines is 1. The van der Waals surface area contributed by atoms with Gasteiger partial charge < -0.3 is 16.0 Å². The Hall–Kier alpha value is -2.73. The Morgan fingerprint density at radius 3 is 2.14 bits per heavy atom. The molecule has 28 heavy (non-hydrogen) atoms. The van der Waals surface area contributed by atoms with Crippen molar-refractivity contribution in [2.24, 2.45) is 5.92 Å². The summed E-state index contributed by atoms with van der Waals surface area (Å²) < 4.78 is 12.9. The number of nitrogens with one attached hydrogen (secondary N) is 3. The fraction of sp³-hybridized carbons (Fsp3) is 0.364. The Morgan fingerprint density at radius 1 is 0.929 bits per heavy atom. The van der Waals surface area contributed by atoms with Crippen molar-refractivity contribution in [1.29, 1.82) is 0 Å². The van der Waals surface area contributed by atoms with Gasteiger partial charge in [-0.1, -0.05) is 45.0 Å². The highest BCUT2D eigenvalue weighted by Gasteiger charge is 2.16. The first kappa shape index (κ1) is 21.6. The summed E-state index contributed by atoms with van der Waals surface area (Å²) >= 11 is 0. The Labute approximate surface area is 165 Å². The van der Waals surface area contributed by atoms with E-state index in [2.05, 4.69) is 61.0 Å². The van der Waals surface area contributed by atoms with E-state index < -0.39 is 0 Å². The van der Waals surface area contributed by atoms with Gasteiger partial charge in [-0.15, -0.1) is 0 Å². The second-order valence-electron chi connectivity index (χ2n) is 7.03. The van der Waals surface area contributed by atoms with Crippen LogP contribution in [0.5, 0.6) is 0 Å². The minimum Gasteiger partial charge on any atom is -0.346 e. The van der Waals surface area contributed by atoms with Crippen LogP contribution >= 0.6 is 0 Å². The molecule has 0 aliphatic carbocycles. The van der Waals surface area contributed by atoms with Gasteiger partial charge in [-0.3, -0.25) is 9.59 Å². The van der Waals surface area contributed by atoms with Gasteiger partial charge in [-0.25, -0.2) is 4.39 Å². The highest BCUT2D eigenvalue weighted by Crippen LogP contribution is 2.22. The summed E-state index contributed by atoms with van der Waals surface area (Å²) in [5.74, 6) is -0.691. The van der Waals surface area contributed by atoms with Crippen LogP contribution in [-0.2, 0) is 16.0 Å². The fourth-order valence-corrected chi connectivity index (χ4v) is 2.88. The van der Waals surface area contributed by atoms with Crippen LogP contribution in [0, 0.1) is 11.7 Å². The molecule has 1 atom stereocenters. The van der Waals surface area contributed by atoms with Crippen LogP contribution in [-0.4, -0.2) is 24.9 Å². The molecular weight excluding hydrogens is 357 g/mol. The summed E-state index contributed by atoms with van der Waals surface area (Å²) in [5.41, 5.74) is 2.89. The van der Waals surface area contributed by atoms with E-state index in [1.165, 1.54) is 29.8 Å². The zero-order chi connectivity index (χ0) is 20.5. The predicted octanol–water partition coefficient (Wildman–Crippen LogP) is 3.43. The molecular formula is C22H28FN3O2. The molecule has 2 aromatic rings. The van der Waals surface area contributed by atoms with Crippen molar-refractivity contribution in [3.63, 3.8) is 0 Å². The topological polar surface area (TPSA) is 70.2 Å². The summed E-state index contributed by atoms with van der Waals surface area (Å²) in [4.78, 5) is 24.0. The quantitative estimate of drug-likeness (QED) is 0.619. The van der Waals surface area contributed by atoms with Gasteiger partial charge in [0.2, 0.25) is 11.8 Å². The fourth-order valence-electron chi connectivity index (χ4n) is 2.88. The van der Waals surface area contributed by atoms with Crippen molar-refractivity contribution >= 4 is 17.5 Å². The van der Waals surface area contributed by atoms with E-state index >= 15 is 0 Å². The summed E-state index contributed by atoms with van der Waals surface area (Å²) in [6.07, 6.45) is 0.989. The molecule has 0 bridgehead atoms. The average Bonchev–Trinajstić information content (AvgIpc) is 2.68. The van der Waals surface area contributed by atoms with Gasteiger partial charge in [-0.05, 0) is 47.7 Å². The van der Waals surface area contributed by atoms with Gasteiger partial charge in [0.25, 0.3) is 0 Å². The first-order valence-corrected chi connectivity index (χ1v) is 9.53. The minimum atomic E-state index is -0.374. The molecule has 0 radical (unpaired) electrons. The smallest absolute Gasteiger partial charge is 0.243 e. The van der Waals surface area contributed by atoms with E-state index in [9.17, 15) is 14.0 Å². The molecule has 2 aromatic carbocycles. The van der Waals surface area contributed by atoms with Crippen LogP contribution in [0.2, 0.25) is 0 Å². The third-order valence-electron chi connectivity index (χ3n) is 4.47. The molecule has 0 aromatic heterocycles. The van der Waals surface area contributed by atoms with Crippen LogP contribution in [0.25, 0.3) is 0 Å². The van der Waals surface area contributed by atoms with Crippen molar-refractivity contribution in [1.82, 2.24) is 10.6 Å². The molecule has 0 unspecified atom stereocenters. The molecule has 2 amide bonds. The Kier molecular flexibility index (Phi) is 8.14. The normalized spacial score (nSPS) is 11.9. The lowest BCUT2D eigenvalue weighted by Crippen LogP contribution is -2.40. The van der Waals surface area contributed by atoms with Gasteiger partial charge in [0.15, 0.2) is 0 Å². The zero-order valence-electron chi connectivity index (χ0n) is 16.6. The second-order valence-corrected chi connectivity index (χ2v) is 7.03.